The molecule has 4 nitrogen and oxygen atoms in total. The molecule has 0 aliphatic carbocycles. The van der Waals surface area contributed by atoms with E-state index >= 15 is 0 Å². The van der Waals surface area contributed by atoms with E-state index < -0.39 is 11.7 Å². The molecule has 0 spiro atoms. The van der Waals surface area contributed by atoms with Gasteiger partial charge in [0.05, 0.1) is 12.1 Å². The lowest BCUT2D eigenvalue weighted by atomic mass is 9.84. The highest BCUT2D eigenvalue weighted by Crippen LogP contribution is 2.36. The maximum atomic E-state index is 12.7. The summed E-state index contributed by atoms with van der Waals surface area (Å²) in [5.74, 6) is 0.109. The first-order chi connectivity index (χ1) is 11.3. The third-order valence-corrected chi connectivity index (χ3v) is 4.49. The molecule has 1 heterocycles. The fraction of sp³-hybridized carbons (Fsp3) is 0.588. The molecule has 1 amide bonds. The van der Waals surface area contributed by atoms with Gasteiger partial charge in [-0.2, -0.15) is 13.2 Å². The zero-order valence-corrected chi connectivity index (χ0v) is 14.0. The van der Waals surface area contributed by atoms with Crippen molar-refractivity contribution in [2.45, 2.75) is 25.1 Å². The minimum absolute atomic E-state index is 0.0101. The smallest absolute Gasteiger partial charge is 0.355 e. The number of nitrogens with one attached hydrogen (secondary N) is 2. The number of carbonyl (C=O) groups excluding carboxylic acids is 1. The van der Waals surface area contributed by atoms with Gasteiger partial charge in [0, 0.05) is 12.6 Å². The summed E-state index contributed by atoms with van der Waals surface area (Å²) in [6.07, 6.45) is -2.37. The molecule has 1 aliphatic rings. The number of halogens is 3. The van der Waals surface area contributed by atoms with Crippen molar-refractivity contribution in [1.29, 1.82) is 0 Å². The Morgan fingerprint density at radius 3 is 2.54 bits per heavy atom. The van der Waals surface area contributed by atoms with Gasteiger partial charge in [-0.05, 0) is 57.1 Å². The molecule has 1 aliphatic heterocycles. The molecule has 1 fully saturated rings. The first kappa shape index (κ1) is 18.7. The summed E-state index contributed by atoms with van der Waals surface area (Å²) in [6, 6.07) is 5.38. The largest absolute Gasteiger partial charge is 0.416 e. The quantitative estimate of drug-likeness (QED) is 0.863. The van der Waals surface area contributed by atoms with Crippen LogP contribution in [0.25, 0.3) is 0 Å². The molecule has 1 aromatic rings. The van der Waals surface area contributed by atoms with Crippen LogP contribution in [0.3, 0.4) is 0 Å². The number of amides is 1. The minimum atomic E-state index is -4.32. The van der Waals surface area contributed by atoms with Crippen molar-refractivity contribution in [3.05, 3.63) is 35.4 Å². The number of hydrogen-bond donors (Lipinski definition) is 2. The highest BCUT2D eigenvalue weighted by atomic mass is 19.4. The van der Waals surface area contributed by atoms with Crippen LogP contribution < -0.4 is 10.6 Å². The van der Waals surface area contributed by atoms with Crippen molar-refractivity contribution < 1.29 is 18.0 Å². The zero-order chi connectivity index (χ0) is 17.7. The molecule has 7 heteroatoms. The molecule has 0 aromatic heterocycles. The molecule has 24 heavy (non-hydrogen) atoms. The first-order valence-corrected chi connectivity index (χ1v) is 8.11. The van der Waals surface area contributed by atoms with Crippen molar-refractivity contribution in [2.75, 3.05) is 33.7 Å². The van der Waals surface area contributed by atoms with Gasteiger partial charge in [-0.3, -0.25) is 9.69 Å². The van der Waals surface area contributed by atoms with Crippen LogP contribution in [-0.4, -0.2) is 44.5 Å². The van der Waals surface area contributed by atoms with Crippen molar-refractivity contribution in [1.82, 2.24) is 15.5 Å². The van der Waals surface area contributed by atoms with E-state index in [1.807, 2.05) is 7.05 Å². The van der Waals surface area contributed by atoms with E-state index in [-0.39, 0.29) is 24.4 Å². The van der Waals surface area contributed by atoms with Crippen LogP contribution in [0.5, 0.6) is 0 Å². The van der Waals surface area contributed by atoms with Gasteiger partial charge in [0.1, 0.15) is 0 Å². The van der Waals surface area contributed by atoms with E-state index in [2.05, 4.69) is 15.5 Å². The molecule has 1 aromatic carbocycles. The van der Waals surface area contributed by atoms with Crippen molar-refractivity contribution in [3.63, 3.8) is 0 Å². The fourth-order valence-corrected chi connectivity index (χ4v) is 3.34. The average Bonchev–Trinajstić information content (AvgIpc) is 2.52. The Kier molecular flexibility index (Phi) is 6.23. The zero-order valence-electron chi connectivity index (χ0n) is 14.0. The van der Waals surface area contributed by atoms with E-state index in [9.17, 15) is 18.0 Å². The monoisotopic (exact) mass is 343 g/mol. The average molecular weight is 343 g/mol. The van der Waals surface area contributed by atoms with Gasteiger partial charge in [-0.15, -0.1) is 0 Å². The number of piperidine rings is 1. The summed E-state index contributed by atoms with van der Waals surface area (Å²) >= 11 is 0. The molecule has 2 rings (SSSR count). The van der Waals surface area contributed by atoms with Crippen LogP contribution in [0.1, 0.15) is 30.0 Å². The van der Waals surface area contributed by atoms with Crippen LogP contribution in [0.4, 0.5) is 13.2 Å². The molecule has 0 saturated carbocycles. The Morgan fingerprint density at radius 2 is 1.96 bits per heavy atom. The van der Waals surface area contributed by atoms with Crippen LogP contribution >= 0.6 is 0 Å². The summed E-state index contributed by atoms with van der Waals surface area (Å²) in [7, 11) is 3.68. The predicted molar refractivity (Wildman–Crippen MR) is 86.5 cm³/mol. The van der Waals surface area contributed by atoms with E-state index in [0.29, 0.717) is 6.54 Å². The number of likely N-dealkylation sites (N-methyl/N-ethyl adjacent to an activating group) is 1. The lowest BCUT2D eigenvalue weighted by Crippen LogP contribution is -2.43. The molecule has 2 atom stereocenters. The molecule has 0 bridgehead atoms. The highest BCUT2D eigenvalue weighted by molar-refractivity contribution is 5.77. The van der Waals surface area contributed by atoms with Gasteiger partial charge in [0.25, 0.3) is 0 Å². The molecule has 134 valence electrons. The second kappa shape index (κ2) is 7.98. The van der Waals surface area contributed by atoms with Gasteiger partial charge >= 0.3 is 6.18 Å². The third-order valence-electron chi connectivity index (χ3n) is 4.49. The topological polar surface area (TPSA) is 44.4 Å². The number of likely N-dealkylation sites (tertiary alicyclic amines) is 1. The standard InChI is InChI=1S/C17H24F3N3O/c1-21-11-15(24)22-10-13-4-3-9-23(2)16(13)12-5-7-14(8-6-12)17(18,19)20/h5-8,13,16,21H,3-4,9-11H2,1-2H3,(H,22,24)/t13-,16-/m1/s1. The Labute approximate surface area is 140 Å². The SMILES string of the molecule is CNCC(=O)NC[C@H]1CCCN(C)[C@@H]1c1ccc(C(F)(F)F)cc1. The fourth-order valence-electron chi connectivity index (χ4n) is 3.34. The molecular formula is C17H24F3N3O. The van der Waals surface area contributed by atoms with E-state index in [1.165, 1.54) is 0 Å². The lowest BCUT2D eigenvalue weighted by Gasteiger charge is -2.39. The number of carbonyl (C=O) groups is 1. The Hall–Kier alpha value is -1.60. The van der Waals surface area contributed by atoms with E-state index in [0.717, 1.165) is 37.1 Å². The summed E-state index contributed by atoms with van der Waals surface area (Å²) in [5, 5.41) is 5.70. The Morgan fingerprint density at radius 1 is 1.29 bits per heavy atom. The molecule has 2 N–H and O–H groups in total. The highest BCUT2D eigenvalue weighted by Gasteiger charge is 2.33. The van der Waals surface area contributed by atoms with Crippen LogP contribution in [-0.2, 0) is 11.0 Å². The summed E-state index contributed by atoms with van der Waals surface area (Å²) in [4.78, 5) is 13.8. The predicted octanol–water partition coefficient (Wildman–Crippen LogP) is 2.42. The minimum Gasteiger partial charge on any atom is -0.355 e. The summed E-state index contributed by atoms with van der Waals surface area (Å²) < 4.78 is 38.2. The second-order valence-electron chi connectivity index (χ2n) is 6.28. The van der Waals surface area contributed by atoms with Crippen molar-refractivity contribution in [2.24, 2.45) is 5.92 Å². The first-order valence-electron chi connectivity index (χ1n) is 8.11. The molecular weight excluding hydrogens is 319 g/mol. The van der Waals surface area contributed by atoms with Crippen molar-refractivity contribution >= 4 is 5.91 Å². The number of benzene rings is 1. The lowest BCUT2D eigenvalue weighted by molar-refractivity contribution is -0.137. The third kappa shape index (κ3) is 4.70. The summed E-state index contributed by atoms with van der Waals surface area (Å²) in [5.41, 5.74) is 0.224. The van der Waals surface area contributed by atoms with Gasteiger partial charge in [-0.1, -0.05) is 12.1 Å². The maximum Gasteiger partial charge on any atom is 0.416 e. The van der Waals surface area contributed by atoms with Gasteiger partial charge in [0.2, 0.25) is 5.91 Å². The Balaban J connectivity index is 2.12. The van der Waals surface area contributed by atoms with Crippen LogP contribution in [0, 0.1) is 5.92 Å². The van der Waals surface area contributed by atoms with Gasteiger partial charge in [0.15, 0.2) is 0 Å². The molecule has 0 unspecified atom stereocenters. The van der Waals surface area contributed by atoms with Crippen LogP contribution in [0.15, 0.2) is 24.3 Å². The van der Waals surface area contributed by atoms with Gasteiger partial charge < -0.3 is 10.6 Å². The maximum absolute atomic E-state index is 12.7. The second-order valence-corrected chi connectivity index (χ2v) is 6.28. The number of alkyl halides is 3. The van der Waals surface area contributed by atoms with E-state index in [1.54, 1.807) is 19.2 Å². The van der Waals surface area contributed by atoms with Crippen molar-refractivity contribution in [3.8, 4) is 0 Å². The molecule has 1 saturated heterocycles. The van der Waals surface area contributed by atoms with Crippen LogP contribution in [0.2, 0.25) is 0 Å². The number of hydrogen-bond acceptors (Lipinski definition) is 3. The van der Waals surface area contributed by atoms with Gasteiger partial charge in [-0.25, -0.2) is 0 Å². The normalized spacial score (nSPS) is 22.4. The molecule has 0 radical (unpaired) electrons. The Bertz CT molecular complexity index is 545. The number of rotatable bonds is 5. The number of nitrogens with zero attached hydrogens (tertiary/aromatic N) is 1. The summed E-state index contributed by atoms with van der Waals surface area (Å²) in [6.45, 7) is 1.68. The van der Waals surface area contributed by atoms with E-state index in [4.69, 9.17) is 0 Å².